The largest absolute Gasteiger partial charge is 0.573 e. The molecule has 4 aliphatic rings. The number of alkyl halides is 3. The topological polar surface area (TPSA) is 109 Å². The van der Waals surface area contributed by atoms with E-state index in [1.54, 1.807) is 13.3 Å². The Morgan fingerprint density at radius 2 is 2.06 bits per heavy atom. The van der Waals surface area contributed by atoms with Gasteiger partial charge in [0.05, 0.1) is 24.9 Å². The van der Waals surface area contributed by atoms with E-state index in [1.807, 2.05) is 6.92 Å². The van der Waals surface area contributed by atoms with Gasteiger partial charge in [-0.25, -0.2) is 15.4 Å². The number of benzene rings is 1. The minimum Gasteiger partial charge on any atom is -0.491 e. The predicted molar refractivity (Wildman–Crippen MR) is 123 cm³/mol. The normalized spacial score (nSPS) is 32.6. The molecule has 192 valence electrons. The number of nitrogens with zero attached hydrogens (tertiary/aromatic N) is 2. The van der Waals surface area contributed by atoms with Crippen LogP contribution < -0.4 is 31.0 Å². The van der Waals surface area contributed by atoms with Crippen LogP contribution in [-0.2, 0) is 10.2 Å². The van der Waals surface area contributed by atoms with E-state index in [-0.39, 0.29) is 35.7 Å². The fourth-order valence-corrected chi connectivity index (χ4v) is 6.45. The van der Waals surface area contributed by atoms with E-state index >= 15 is 0 Å². The SMILES string of the molecule is COc1cnc(C)nc1NC1NNC2CC([C@@H]3C[C@]34C(=O)Nc3ccc(OC(F)(F)F)cc34)CCC21. The number of ether oxygens (including phenoxy) is 2. The fourth-order valence-electron chi connectivity index (χ4n) is 6.45. The molecule has 4 unspecified atom stereocenters. The number of hydrogen-bond donors (Lipinski definition) is 4. The van der Waals surface area contributed by atoms with Crippen molar-refractivity contribution in [3.05, 3.63) is 35.8 Å². The molecule has 3 heterocycles. The minimum absolute atomic E-state index is 0.0510. The number of carbonyl (C=O) groups excluding carboxylic acids is 1. The van der Waals surface area contributed by atoms with Crippen LogP contribution in [0.4, 0.5) is 24.7 Å². The lowest BCUT2D eigenvalue weighted by atomic mass is 9.74. The summed E-state index contributed by atoms with van der Waals surface area (Å²) in [6, 6.07) is 4.30. The Balaban J connectivity index is 1.15. The highest BCUT2D eigenvalue weighted by Gasteiger charge is 2.67. The number of halogens is 3. The van der Waals surface area contributed by atoms with E-state index in [9.17, 15) is 18.0 Å². The standard InChI is InChI=1S/C24H27F3N6O3/c1-11-28-10-19(35-2)21(29-11)31-20-14-5-3-12(7-18(14)32-33-20)16-9-23(16)15-8-13(36-24(25,26)27)4-6-17(15)30-22(23)34/h4,6,8,10,12,14,16,18,20,32-33H,3,5,7,9H2,1-2H3,(H,30,34)(H,28,29,31)/t12?,14?,16-,18?,20?,23+/m0/s1. The Morgan fingerprint density at radius 1 is 1.22 bits per heavy atom. The number of anilines is 2. The Kier molecular flexibility index (Phi) is 5.31. The number of nitrogens with one attached hydrogen (secondary N) is 4. The molecule has 4 N–H and O–H groups in total. The molecule has 2 saturated carbocycles. The summed E-state index contributed by atoms with van der Waals surface area (Å²) >= 11 is 0. The highest BCUT2D eigenvalue weighted by molar-refractivity contribution is 6.09. The molecule has 1 spiro atoms. The van der Waals surface area contributed by atoms with Crippen molar-refractivity contribution < 1.29 is 27.4 Å². The van der Waals surface area contributed by atoms with E-state index in [2.05, 4.69) is 36.2 Å². The maximum absolute atomic E-state index is 13.0. The number of rotatable bonds is 5. The van der Waals surface area contributed by atoms with Crippen molar-refractivity contribution in [3.8, 4) is 11.5 Å². The lowest BCUT2D eigenvalue weighted by Gasteiger charge is -2.34. The van der Waals surface area contributed by atoms with Gasteiger partial charge in [-0.15, -0.1) is 13.2 Å². The van der Waals surface area contributed by atoms with Crippen molar-refractivity contribution in [1.82, 2.24) is 20.8 Å². The van der Waals surface area contributed by atoms with Crippen LogP contribution in [0.25, 0.3) is 0 Å². The molecule has 36 heavy (non-hydrogen) atoms. The Bertz CT molecular complexity index is 1210. The van der Waals surface area contributed by atoms with Crippen LogP contribution in [0.2, 0.25) is 0 Å². The first-order valence-corrected chi connectivity index (χ1v) is 12.0. The molecule has 9 nitrogen and oxygen atoms in total. The van der Waals surface area contributed by atoms with Gasteiger partial charge in [0, 0.05) is 17.6 Å². The highest BCUT2D eigenvalue weighted by atomic mass is 19.4. The summed E-state index contributed by atoms with van der Waals surface area (Å²) in [7, 11) is 1.58. The molecule has 1 aromatic carbocycles. The van der Waals surface area contributed by atoms with Gasteiger partial charge in [0.25, 0.3) is 0 Å². The summed E-state index contributed by atoms with van der Waals surface area (Å²) in [5.74, 6) is 2.08. The van der Waals surface area contributed by atoms with Crippen LogP contribution in [0, 0.1) is 24.7 Å². The molecule has 0 radical (unpaired) electrons. The van der Waals surface area contributed by atoms with Crippen molar-refractivity contribution in [2.75, 3.05) is 17.7 Å². The van der Waals surface area contributed by atoms with Crippen molar-refractivity contribution >= 4 is 17.4 Å². The van der Waals surface area contributed by atoms with E-state index in [0.717, 1.165) is 19.3 Å². The molecule has 6 atom stereocenters. The maximum atomic E-state index is 13.0. The van der Waals surface area contributed by atoms with Crippen LogP contribution in [0.1, 0.15) is 37.1 Å². The quantitative estimate of drug-likeness (QED) is 0.492. The van der Waals surface area contributed by atoms with Gasteiger partial charge in [-0.3, -0.25) is 10.2 Å². The highest BCUT2D eigenvalue weighted by Crippen LogP contribution is 2.65. The molecule has 0 bridgehead atoms. The van der Waals surface area contributed by atoms with Crippen LogP contribution in [0.3, 0.4) is 0 Å². The van der Waals surface area contributed by atoms with Crippen LogP contribution >= 0.6 is 0 Å². The number of aryl methyl sites for hydroxylation is 1. The van der Waals surface area contributed by atoms with Gasteiger partial charge in [0.2, 0.25) is 5.91 Å². The number of fused-ring (bicyclic) bond motifs is 3. The van der Waals surface area contributed by atoms with E-state index < -0.39 is 11.8 Å². The Morgan fingerprint density at radius 3 is 2.83 bits per heavy atom. The first-order chi connectivity index (χ1) is 17.2. The first-order valence-electron chi connectivity index (χ1n) is 12.0. The maximum Gasteiger partial charge on any atom is 0.573 e. The molecule has 2 aliphatic carbocycles. The van der Waals surface area contributed by atoms with Crippen molar-refractivity contribution in [3.63, 3.8) is 0 Å². The van der Waals surface area contributed by atoms with Crippen LogP contribution in [-0.4, -0.2) is 41.6 Å². The number of methoxy groups -OCH3 is 1. The third-order valence-electron chi connectivity index (χ3n) is 8.13. The average Bonchev–Trinajstić information content (AvgIpc) is 3.38. The van der Waals surface area contributed by atoms with Gasteiger partial charge in [0.1, 0.15) is 11.6 Å². The summed E-state index contributed by atoms with van der Waals surface area (Å²) in [5, 5.41) is 6.30. The second-order valence-electron chi connectivity index (χ2n) is 10.1. The summed E-state index contributed by atoms with van der Waals surface area (Å²) in [5.41, 5.74) is 7.15. The molecule has 2 aromatic rings. The predicted octanol–water partition coefficient (Wildman–Crippen LogP) is 3.23. The van der Waals surface area contributed by atoms with Gasteiger partial charge in [-0.2, -0.15) is 0 Å². The second-order valence-corrected chi connectivity index (χ2v) is 10.1. The monoisotopic (exact) mass is 504 g/mol. The Labute approximate surface area is 205 Å². The lowest BCUT2D eigenvalue weighted by Crippen LogP contribution is -2.39. The van der Waals surface area contributed by atoms with Gasteiger partial charge in [-0.1, -0.05) is 0 Å². The summed E-state index contributed by atoms with van der Waals surface area (Å²) < 4.78 is 47.8. The molecule has 1 aromatic heterocycles. The van der Waals surface area contributed by atoms with Crippen molar-refractivity contribution in [2.24, 2.45) is 17.8 Å². The van der Waals surface area contributed by atoms with E-state index in [1.165, 1.54) is 18.2 Å². The fraction of sp³-hybridized carbons (Fsp3) is 0.542. The van der Waals surface area contributed by atoms with Gasteiger partial charge >= 0.3 is 6.36 Å². The molecular formula is C24H27F3N6O3. The minimum atomic E-state index is -4.78. The number of hydrogen-bond acceptors (Lipinski definition) is 8. The second kappa shape index (κ2) is 8.20. The first kappa shape index (κ1) is 23.3. The molecule has 12 heteroatoms. The summed E-state index contributed by atoms with van der Waals surface area (Å²) in [6.07, 6.45) is 0.167. The molecule has 2 aliphatic heterocycles. The number of carbonyl (C=O) groups is 1. The van der Waals surface area contributed by atoms with Gasteiger partial charge in [0.15, 0.2) is 11.6 Å². The van der Waals surface area contributed by atoms with Crippen LogP contribution in [0.5, 0.6) is 11.5 Å². The third kappa shape index (κ3) is 3.83. The lowest BCUT2D eigenvalue weighted by molar-refractivity contribution is -0.274. The van der Waals surface area contributed by atoms with Gasteiger partial charge in [-0.05, 0) is 68.2 Å². The Hall–Kier alpha value is -3.12. The number of amides is 1. The molecule has 6 rings (SSSR count). The van der Waals surface area contributed by atoms with Gasteiger partial charge < -0.3 is 20.1 Å². The summed E-state index contributed by atoms with van der Waals surface area (Å²) in [6.45, 7) is 1.82. The molecule has 1 amide bonds. The van der Waals surface area contributed by atoms with Crippen molar-refractivity contribution in [1.29, 1.82) is 0 Å². The zero-order valence-electron chi connectivity index (χ0n) is 19.8. The number of hydrazine groups is 1. The third-order valence-corrected chi connectivity index (χ3v) is 8.13. The number of aromatic nitrogens is 2. The zero-order valence-corrected chi connectivity index (χ0v) is 19.8. The molecule has 1 saturated heterocycles. The van der Waals surface area contributed by atoms with E-state index in [4.69, 9.17) is 4.74 Å². The zero-order chi connectivity index (χ0) is 25.2. The average molecular weight is 505 g/mol. The molecule has 3 fully saturated rings. The van der Waals surface area contributed by atoms with Crippen molar-refractivity contribution in [2.45, 2.75) is 56.6 Å². The van der Waals surface area contributed by atoms with Crippen LogP contribution in [0.15, 0.2) is 24.4 Å². The van der Waals surface area contributed by atoms with E-state index in [0.29, 0.717) is 41.0 Å². The molecular weight excluding hydrogens is 477 g/mol. The summed E-state index contributed by atoms with van der Waals surface area (Å²) in [4.78, 5) is 21.6. The smallest absolute Gasteiger partial charge is 0.491 e.